The van der Waals surface area contributed by atoms with Gasteiger partial charge in [0.1, 0.15) is 5.69 Å². The molecule has 2 heterocycles. The average Bonchev–Trinajstić information content (AvgIpc) is 3.04. The molecule has 3 rings (SSSR count). The van der Waals surface area contributed by atoms with Gasteiger partial charge in [-0.05, 0) is 31.2 Å². The number of carbonyl (C=O) groups excluding carboxylic acids is 3. The summed E-state index contributed by atoms with van der Waals surface area (Å²) in [6.07, 6.45) is 1.55. The molecule has 0 saturated heterocycles. The first-order valence-corrected chi connectivity index (χ1v) is 6.43. The molecule has 0 radical (unpaired) electrons. The molecule has 0 unspecified atom stereocenters. The van der Waals surface area contributed by atoms with Crippen LogP contribution in [0.5, 0.6) is 0 Å². The number of nitrogens with one attached hydrogen (secondary N) is 2. The normalized spacial score (nSPS) is 13.0. The van der Waals surface area contributed by atoms with Crippen LogP contribution in [0.4, 0.5) is 5.69 Å². The quantitative estimate of drug-likeness (QED) is 0.823. The second-order valence-electron chi connectivity index (χ2n) is 4.53. The summed E-state index contributed by atoms with van der Waals surface area (Å²) in [7, 11) is 0. The van der Waals surface area contributed by atoms with E-state index in [4.69, 9.17) is 0 Å². The fraction of sp³-hybridized carbons (Fsp3) is 0.143. The minimum Gasteiger partial charge on any atom is -0.321 e. The van der Waals surface area contributed by atoms with Crippen LogP contribution in [-0.2, 0) is 6.54 Å². The Morgan fingerprint density at radius 2 is 2.00 bits per heavy atom. The van der Waals surface area contributed by atoms with E-state index in [1.807, 2.05) is 6.92 Å². The highest BCUT2D eigenvalue weighted by atomic mass is 16.2. The van der Waals surface area contributed by atoms with Gasteiger partial charge in [-0.2, -0.15) is 5.10 Å². The summed E-state index contributed by atoms with van der Waals surface area (Å²) in [5, 5.41) is 8.92. The molecule has 0 saturated carbocycles. The zero-order valence-electron chi connectivity index (χ0n) is 11.2. The summed E-state index contributed by atoms with van der Waals surface area (Å²) in [4.78, 5) is 35.2. The van der Waals surface area contributed by atoms with Crippen LogP contribution >= 0.6 is 0 Å². The van der Waals surface area contributed by atoms with Crippen LogP contribution in [0, 0.1) is 0 Å². The van der Waals surface area contributed by atoms with E-state index in [-0.39, 0.29) is 11.5 Å². The highest BCUT2D eigenvalue weighted by Gasteiger charge is 2.26. The molecule has 2 N–H and O–H groups in total. The number of aromatic nitrogens is 2. The Hall–Kier alpha value is -2.96. The molecule has 1 aromatic carbocycles. The predicted molar refractivity (Wildman–Crippen MR) is 74.1 cm³/mol. The second kappa shape index (κ2) is 4.86. The predicted octanol–water partition coefficient (Wildman–Crippen LogP) is 1.04. The minimum absolute atomic E-state index is 0.266. The summed E-state index contributed by atoms with van der Waals surface area (Å²) in [5.41, 5.74) is 1.46. The third-order valence-electron chi connectivity index (χ3n) is 3.24. The summed E-state index contributed by atoms with van der Waals surface area (Å²) in [5.74, 6) is -1.19. The second-order valence-corrected chi connectivity index (χ2v) is 4.53. The van der Waals surface area contributed by atoms with Gasteiger partial charge < -0.3 is 5.32 Å². The van der Waals surface area contributed by atoms with E-state index in [0.717, 1.165) is 0 Å². The van der Waals surface area contributed by atoms with E-state index in [1.165, 1.54) is 12.1 Å². The van der Waals surface area contributed by atoms with Gasteiger partial charge in [0.05, 0.1) is 11.1 Å². The number of hydrogen-bond donors (Lipinski definition) is 2. The number of nitrogens with zero attached hydrogens (tertiary/aromatic N) is 2. The minimum atomic E-state index is -0.454. The van der Waals surface area contributed by atoms with Crippen LogP contribution < -0.4 is 10.6 Å². The van der Waals surface area contributed by atoms with Crippen molar-refractivity contribution in [3.8, 4) is 0 Å². The third kappa shape index (κ3) is 2.18. The number of fused-ring (bicyclic) bond motifs is 1. The summed E-state index contributed by atoms with van der Waals surface area (Å²) >= 11 is 0. The zero-order chi connectivity index (χ0) is 15.0. The molecule has 2 aromatic rings. The molecule has 1 aliphatic rings. The van der Waals surface area contributed by atoms with Crippen molar-refractivity contribution in [2.45, 2.75) is 13.5 Å². The lowest BCUT2D eigenvalue weighted by Crippen LogP contribution is -2.20. The van der Waals surface area contributed by atoms with Crippen molar-refractivity contribution < 1.29 is 14.4 Å². The SMILES string of the molecule is CCn1nccc1C(=O)Nc1ccc2c(c1)C(=O)NC2=O. The number of hydrogen-bond acceptors (Lipinski definition) is 4. The van der Waals surface area contributed by atoms with Crippen molar-refractivity contribution in [3.63, 3.8) is 0 Å². The lowest BCUT2D eigenvalue weighted by atomic mass is 10.1. The number of rotatable bonds is 3. The maximum Gasteiger partial charge on any atom is 0.273 e. The maximum atomic E-state index is 12.2. The molecule has 0 fully saturated rings. The van der Waals surface area contributed by atoms with Crippen LogP contribution in [0.15, 0.2) is 30.5 Å². The van der Waals surface area contributed by atoms with Gasteiger partial charge in [0, 0.05) is 18.4 Å². The average molecular weight is 284 g/mol. The van der Waals surface area contributed by atoms with Gasteiger partial charge in [-0.15, -0.1) is 0 Å². The van der Waals surface area contributed by atoms with Crippen molar-refractivity contribution >= 4 is 23.4 Å². The third-order valence-corrected chi connectivity index (χ3v) is 3.24. The topological polar surface area (TPSA) is 93.1 Å². The zero-order valence-corrected chi connectivity index (χ0v) is 11.2. The van der Waals surface area contributed by atoms with Crippen LogP contribution in [-0.4, -0.2) is 27.5 Å². The van der Waals surface area contributed by atoms with Crippen molar-refractivity contribution in [3.05, 3.63) is 47.3 Å². The molecule has 21 heavy (non-hydrogen) atoms. The van der Waals surface area contributed by atoms with Crippen molar-refractivity contribution in [1.29, 1.82) is 0 Å². The van der Waals surface area contributed by atoms with Gasteiger partial charge in [0.25, 0.3) is 17.7 Å². The first kappa shape index (κ1) is 13.0. The van der Waals surface area contributed by atoms with Crippen molar-refractivity contribution in [2.24, 2.45) is 0 Å². The van der Waals surface area contributed by atoms with Gasteiger partial charge in [-0.25, -0.2) is 0 Å². The highest BCUT2D eigenvalue weighted by Crippen LogP contribution is 2.20. The Balaban J connectivity index is 1.86. The fourth-order valence-corrected chi connectivity index (χ4v) is 2.22. The summed E-state index contributed by atoms with van der Waals surface area (Å²) in [6, 6.07) is 6.20. The van der Waals surface area contributed by atoms with Crippen molar-refractivity contribution in [2.75, 3.05) is 5.32 Å². The highest BCUT2D eigenvalue weighted by molar-refractivity contribution is 6.22. The molecule has 3 amide bonds. The molecule has 7 nitrogen and oxygen atoms in total. The monoisotopic (exact) mass is 284 g/mol. The fourth-order valence-electron chi connectivity index (χ4n) is 2.22. The molecule has 1 aromatic heterocycles. The number of amides is 3. The lowest BCUT2D eigenvalue weighted by Gasteiger charge is -2.07. The standard InChI is InChI=1S/C14H12N4O3/c1-2-18-11(5-6-15-18)14(21)16-8-3-4-9-10(7-8)13(20)17-12(9)19/h3-7H,2H2,1H3,(H,16,21)(H,17,19,20). The maximum absolute atomic E-state index is 12.2. The van der Waals surface area contributed by atoms with E-state index in [0.29, 0.717) is 23.5 Å². The summed E-state index contributed by atoms with van der Waals surface area (Å²) < 4.78 is 1.57. The molecule has 106 valence electrons. The first-order valence-electron chi connectivity index (χ1n) is 6.43. The molecule has 1 aliphatic heterocycles. The van der Waals surface area contributed by atoms with Crippen LogP contribution in [0.2, 0.25) is 0 Å². The van der Waals surface area contributed by atoms with E-state index in [1.54, 1.807) is 23.0 Å². The summed E-state index contributed by atoms with van der Waals surface area (Å²) in [6.45, 7) is 2.46. The number of anilines is 1. The van der Waals surface area contributed by atoms with E-state index in [2.05, 4.69) is 15.7 Å². The Bertz CT molecular complexity index is 763. The van der Waals surface area contributed by atoms with Gasteiger partial charge in [0.15, 0.2) is 0 Å². The largest absolute Gasteiger partial charge is 0.321 e. The van der Waals surface area contributed by atoms with Crippen molar-refractivity contribution in [1.82, 2.24) is 15.1 Å². The number of aryl methyl sites for hydroxylation is 1. The van der Waals surface area contributed by atoms with Crippen LogP contribution in [0.1, 0.15) is 38.1 Å². The Morgan fingerprint density at radius 1 is 1.24 bits per heavy atom. The number of imide groups is 1. The number of benzene rings is 1. The molecule has 0 atom stereocenters. The molecule has 0 bridgehead atoms. The Morgan fingerprint density at radius 3 is 2.76 bits per heavy atom. The number of carbonyl (C=O) groups is 3. The first-order chi connectivity index (χ1) is 10.1. The van der Waals surface area contributed by atoms with Gasteiger partial charge in [0.2, 0.25) is 0 Å². The molecule has 7 heteroatoms. The van der Waals surface area contributed by atoms with Gasteiger partial charge in [-0.1, -0.05) is 0 Å². The van der Waals surface area contributed by atoms with Crippen LogP contribution in [0.25, 0.3) is 0 Å². The van der Waals surface area contributed by atoms with Gasteiger partial charge in [-0.3, -0.25) is 24.4 Å². The molecule has 0 aliphatic carbocycles. The Kier molecular flexibility index (Phi) is 3.02. The van der Waals surface area contributed by atoms with Crippen LogP contribution in [0.3, 0.4) is 0 Å². The molecule has 0 spiro atoms. The molecular weight excluding hydrogens is 272 g/mol. The van der Waals surface area contributed by atoms with E-state index < -0.39 is 11.8 Å². The van der Waals surface area contributed by atoms with E-state index >= 15 is 0 Å². The van der Waals surface area contributed by atoms with E-state index in [9.17, 15) is 14.4 Å². The molecular formula is C14H12N4O3. The van der Waals surface area contributed by atoms with Gasteiger partial charge >= 0.3 is 0 Å². The smallest absolute Gasteiger partial charge is 0.273 e. The lowest BCUT2D eigenvalue weighted by molar-refractivity contribution is 0.0878. The Labute approximate surface area is 119 Å².